The van der Waals surface area contributed by atoms with E-state index in [9.17, 15) is 9.90 Å². The predicted octanol–water partition coefficient (Wildman–Crippen LogP) is 3.00. The summed E-state index contributed by atoms with van der Waals surface area (Å²) in [6.07, 6.45) is 2.34. The van der Waals surface area contributed by atoms with E-state index in [2.05, 4.69) is 10.2 Å². The Hall–Kier alpha value is -2.31. The number of aromatic nitrogens is 4. The van der Waals surface area contributed by atoms with Crippen molar-refractivity contribution in [1.82, 2.24) is 19.3 Å². The highest BCUT2D eigenvalue weighted by Crippen LogP contribution is 2.42. The van der Waals surface area contributed by atoms with Crippen molar-refractivity contribution in [2.24, 2.45) is 7.05 Å². The van der Waals surface area contributed by atoms with Crippen LogP contribution in [0.5, 0.6) is 5.75 Å². The average Bonchev–Trinajstić information content (AvgIpc) is 3.15. The van der Waals surface area contributed by atoms with Crippen LogP contribution in [-0.2, 0) is 20.0 Å². The number of fused-ring (bicyclic) bond motifs is 1. The van der Waals surface area contributed by atoms with Gasteiger partial charge in [-0.3, -0.25) is 4.79 Å². The van der Waals surface area contributed by atoms with E-state index < -0.39 is 0 Å². The summed E-state index contributed by atoms with van der Waals surface area (Å²) in [4.78, 5) is 11.6. The molecule has 0 unspecified atom stereocenters. The quantitative estimate of drug-likeness (QED) is 0.745. The highest BCUT2D eigenvalue weighted by atomic mass is 35.5. The van der Waals surface area contributed by atoms with Gasteiger partial charge in [-0.15, -0.1) is 10.2 Å². The molecule has 0 bridgehead atoms. The third-order valence-electron chi connectivity index (χ3n) is 4.52. The molecule has 0 radical (unpaired) electrons. The van der Waals surface area contributed by atoms with Crippen molar-refractivity contribution in [2.45, 2.75) is 18.9 Å². The lowest BCUT2D eigenvalue weighted by atomic mass is 9.96. The van der Waals surface area contributed by atoms with Gasteiger partial charge in [0.25, 0.3) is 0 Å². The molecule has 128 valence electrons. The van der Waals surface area contributed by atoms with Crippen LogP contribution >= 0.6 is 23.2 Å². The van der Waals surface area contributed by atoms with Gasteiger partial charge in [0.1, 0.15) is 11.6 Å². The van der Waals surface area contributed by atoms with Crippen molar-refractivity contribution in [3.63, 3.8) is 0 Å². The second-order valence-corrected chi connectivity index (χ2v) is 6.90. The summed E-state index contributed by atoms with van der Waals surface area (Å²) >= 11 is 12.4. The number of benzene rings is 1. The van der Waals surface area contributed by atoms with Gasteiger partial charge in [-0.05, 0) is 18.2 Å². The smallest absolute Gasteiger partial charge is 0.250 e. The summed E-state index contributed by atoms with van der Waals surface area (Å²) in [6.45, 7) is 0.578. The van der Waals surface area contributed by atoms with Crippen LogP contribution in [0.2, 0.25) is 10.0 Å². The lowest BCUT2D eigenvalue weighted by Crippen LogP contribution is -2.14. The SMILES string of the molecule is Cn1cc(-c2nnc3n2C[C@H](c2c(O)ccc(Cl)c2Cl)C3)ccc1=O. The normalized spacial score (nSPS) is 16.2. The Labute approximate surface area is 153 Å². The predicted molar refractivity (Wildman–Crippen MR) is 95.3 cm³/mol. The lowest BCUT2D eigenvalue weighted by Gasteiger charge is -2.15. The number of rotatable bonds is 2. The fourth-order valence-electron chi connectivity index (χ4n) is 3.26. The number of hydrogen-bond acceptors (Lipinski definition) is 4. The van der Waals surface area contributed by atoms with Gasteiger partial charge in [-0.1, -0.05) is 23.2 Å². The molecule has 4 rings (SSSR count). The molecule has 0 saturated carbocycles. The number of aromatic hydroxyl groups is 1. The highest BCUT2D eigenvalue weighted by molar-refractivity contribution is 6.42. The van der Waals surface area contributed by atoms with E-state index >= 15 is 0 Å². The molecule has 1 atom stereocenters. The van der Waals surface area contributed by atoms with Gasteiger partial charge >= 0.3 is 0 Å². The first kappa shape index (κ1) is 16.2. The summed E-state index contributed by atoms with van der Waals surface area (Å²) in [5.74, 6) is 1.58. The van der Waals surface area contributed by atoms with Crippen LogP contribution in [0, 0.1) is 0 Å². The number of pyridine rings is 1. The first-order valence-corrected chi connectivity index (χ1v) is 8.47. The van der Waals surface area contributed by atoms with Gasteiger partial charge in [0.05, 0.1) is 10.0 Å². The Morgan fingerprint density at radius 2 is 2.00 bits per heavy atom. The van der Waals surface area contributed by atoms with Crippen LogP contribution < -0.4 is 5.56 Å². The van der Waals surface area contributed by atoms with Crippen molar-refractivity contribution in [3.05, 3.63) is 62.2 Å². The highest BCUT2D eigenvalue weighted by Gasteiger charge is 2.31. The zero-order chi connectivity index (χ0) is 17.7. The fraction of sp³-hybridized carbons (Fsp3) is 0.235. The maximum Gasteiger partial charge on any atom is 0.250 e. The summed E-state index contributed by atoms with van der Waals surface area (Å²) in [5, 5.41) is 19.5. The molecule has 0 fully saturated rings. The fourth-order valence-corrected chi connectivity index (χ4v) is 3.74. The molecular weight excluding hydrogens is 363 g/mol. The molecule has 1 aliphatic heterocycles. The third-order valence-corrected chi connectivity index (χ3v) is 5.34. The summed E-state index contributed by atoms with van der Waals surface area (Å²) in [6, 6.07) is 6.37. The van der Waals surface area contributed by atoms with Crippen LogP contribution in [0.1, 0.15) is 17.3 Å². The summed E-state index contributed by atoms with van der Waals surface area (Å²) < 4.78 is 3.49. The maximum absolute atomic E-state index is 11.6. The van der Waals surface area contributed by atoms with E-state index in [4.69, 9.17) is 23.2 Å². The van der Waals surface area contributed by atoms with Gasteiger partial charge in [0, 0.05) is 49.3 Å². The third kappa shape index (κ3) is 2.62. The maximum atomic E-state index is 11.6. The first-order valence-electron chi connectivity index (χ1n) is 7.71. The molecule has 8 heteroatoms. The molecule has 3 aromatic rings. The van der Waals surface area contributed by atoms with Crippen molar-refractivity contribution >= 4 is 23.2 Å². The van der Waals surface area contributed by atoms with Gasteiger partial charge in [-0.2, -0.15) is 0 Å². The Bertz CT molecular complexity index is 1040. The average molecular weight is 377 g/mol. The number of hydrogen-bond donors (Lipinski definition) is 1. The number of nitrogens with zero attached hydrogens (tertiary/aromatic N) is 4. The van der Waals surface area contributed by atoms with Crippen molar-refractivity contribution < 1.29 is 5.11 Å². The molecule has 0 amide bonds. The molecule has 1 aromatic carbocycles. The van der Waals surface area contributed by atoms with Gasteiger partial charge in [0.15, 0.2) is 5.82 Å². The second-order valence-electron chi connectivity index (χ2n) is 6.11. The Morgan fingerprint density at radius 3 is 2.76 bits per heavy atom. The van der Waals surface area contributed by atoms with Crippen LogP contribution in [0.3, 0.4) is 0 Å². The molecule has 6 nitrogen and oxygen atoms in total. The molecule has 0 saturated heterocycles. The zero-order valence-corrected chi connectivity index (χ0v) is 14.8. The standard InChI is InChI=1S/C17H14Cl2N4O2/c1-22-7-9(2-5-14(22)25)17-21-20-13-6-10(8-23(13)17)15-12(24)4-3-11(18)16(15)19/h2-5,7,10,24H,6,8H2,1H3/t10-/m1/s1. The minimum absolute atomic E-state index is 0.0389. The van der Waals surface area contributed by atoms with Crippen LogP contribution in [0.25, 0.3) is 11.4 Å². The van der Waals surface area contributed by atoms with Crippen LogP contribution in [0.4, 0.5) is 0 Å². The molecule has 2 aromatic heterocycles. The van der Waals surface area contributed by atoms with E-state index in [-0.39, 0.29) is 17.2 Å². The van der Waals surface area contributed by atoms with Gasteiger partial charge in [0.2, 0.25) is 5.56 Å². The number of phenols is 1. The molecule has 3 heterocycles. The summed E-state index contributed by atoms with van der Waals surface area (Å²) in [7, 11) is 1.69. The molecule has 0 spiro atoms. The van der Waals surface area contributed by atoms with Crippen molar-refractivity contribution in [1.29, 1.82) is 0 Å². The largest absolute Gasteiger partial charge is 0.508 e. The Kier molecular flexibility index (Phi) is 3.81. The monoisotopic (exact) mass is 376 g/mol. The van der Waals surface area contributed by atoms with Crippen LogP contribution in [0.15, 0.2) is 35.3 Å². The Morgan fingerprint density at radius 1 is 1.20 bits per heavy atom. The minimum atomic E-state index is -0.0848. The van der Waals surface area contributed by atoms with E-state index in [1.807, 2.05) is 4.57 Å². The van der Waals surface area contributed by atoms with Gasteiger partial charge in [-0.25, -0.2) is 0 Å². The van der Waals surface area contributed by atoms with E-state index in [1.54, 1.807) is 31.4 Å². The first-order chi connectivity index (χ1) is 12.0. The van der Waals surface area contributed by atoms with E-state index in [0.717, 1.165) is 11.4 Å². The Balaban J connectivity index is 1.73. The van der Waals surface area contributed by atoms with Crippen molar-refractivity contribution in [2.75, 3.05) is 0 Å². The number of phenolic OH excluding ortho intramolecular Hbond substituents is 1. The molecule has 1 N–H and O–H groups in total. The molecular formula is C17H14Cl2N4O2. The van der Waals surface area contributed by atoms with Crippen LogP contribution in [-0.4, -0.2) is 24.4 Å². The van der Waals surface area contributed by atoms with E-state index in [1.165, 1.54) is 10.6 Å². The number of halogens is 2. The number of aryl methyl sites for hydroxylation is 1. The minimum Gasteiger partial charge on any atom is -0.508 e. The topological polar surface area (TPSA) is 72.9 Å². The van der Waals surface area contributed by atoms with E-state index in [0.29, 0.717) is 34.4 Å². The lowest BCUT2D eigenvalue weighted by molar-refractivity contribution is 0.459. The molecule has 0 aliphatic carbocycles. The second kappa shape index (κ2) is 5.89. The van der Waals surface area contributed by atoms with Gasteiger partial charge < -0.3 is 14.2 Å². The zero-order valence-electron chi connectivity index (χ0n) is 13.3. The molecule has 25 heavy (non-hydrogen) atoms. The van der Waals surface area contributed by atoms with Crippen molar-refractivity contribution in [3.8, 4) is 17.1 Å². The summed E-state index contributed by atoms with van der Waals surface area (Å²) in [5.41, 5.74) is 1.35. The molecule has 1 aliphatic rings.